The van der Waals surface area contributed by atoms with Crippen molar-refractivity contribution in [2.45, 2.75) is 51.6 Å². The molecule has 0 aliphatic carbocycles. The monoisotopic (exact) mass is 299 g/mol. The van der Waals surface area contributed by atoms with Crippen LogP contribution in [-0.4, -0.2) is 17.5 Å². The van der Waals surface area contributed by atoms with Gasteiger partial charge in [-0.05, 0) is 30.9 Å². The Morgan fingerprint density at radius 1 is 1.18 bits per heavy atom. The number of nitrogens with one attached hydrogen (secondary N) is 1. The van der Waals surface area contributed by atoms with Crippen LogP contribution in [0.15, 0.2) is 35.5 Å². The molecule has 2 aliphatic heterocycles. The van der Waals surface area contributed by atoms with E-state index in [-0.39, 0.29) is 24.2 Å². The van der Waals surface area contributed by atoms with Crippen LogP contribution in [0.25, 0.3) is 0 Å². The lowest BCUT2D eigenvalue weighted by Crippen LogP contribution is -2.38. The van der Waals surface area contributed by atoms with Gasteiger partial charge in [-0.25, -0.2) is 4.79 Å². The lowest BCUT2D eigenvalue weighted by Gasteiger charge is -2.27. The Hall–Kier alpha value is -2.10. The van der Waals surface area contributed by atoms with Crippen LogP contribution in [-0.2, 0) is 14.3 Å². The summed E-state index contributed by atoms with van der Waals surface area (Å²) < 4.78 is 5.43. The fourth-order valence-electron chi connectivity index (χ4n) is 3.17. The molecule has 1 atom stereocenters. The van der Waals surface area contributed by atoms with E-state index >= 15 is 0 Å². The number of rotatable bonds is 2. The normalized spacial score (nSPS) is 23.4. The third kappa shape index (κ3) is 2.32. The predicted molar refractivity (Wildman–Crippen MR) is 83.2 cm³/mol. The minimum absolute atomic E-state index is 0.0666. The van der Waals surface area contributed by atoms with Gasteiger partial charge in [0.25, 0.3) is 0 Å². The maximum absolute atomic E-state index is 12.3. The van der Waals surface area contributed by atoms with Gasteiger partial charge in [0.2, 0.25) is 5.91 Å². The SMILES string of the molecule is CC(C)c1ccc(C2CC(=O)NC3=C2C(=O)OC3(C)C)cc1. The summed E-state index contributed by atoms with van der Waals surface area (Å²) in [5.41, 5.74) is 2.68. The summed E-state index contributed by atoms with van der Waals surface area (Å²) in [6.07, 6.45) is 0.283. The Labute approximate surface area is 130 Å². The molecule has 1 unspecified atom stereocenters. The zero-order chi connectivity index (χ0) is 16.1. The van der Waals surface area contributed by atoms with Gasteiger partial charge in [-0.2, -0.15) is 0 Å². The molecule has 22 heavy (non-hydrogen) atoms. The van der Waals surface area contributed by atoms with E-state index in [0.29, 0.717) is 17.2 Å². The molecule has 116 valence electrons. The van der Waals surface area contributed by atoms with Gasteiger partial charge in [0.05, 0.1) is 11.3 Å². The summed E-state index contributed by atoms with van der Waals surface area (Å²) in [6.45, 7) is 7.89. The fourth-order valence-corrected chi connectivity index (χ4v) is 3.17. The number of carbonyl (C=O) groups excluding carboxylic acids is 2. The second-order valence-corrected chi connectivity index (χ2v) is 6.81. The Kier molecular flexibility index (Phi) is 3.35. The summed E-state index contributed by atoms with van der Waals surface area (Å²) in [6, 6.07) is 8.17. The van der Waals surface area contributed by atoms with Crippen LogP contribution in [0.3, 0.4) is 0 Å². The molecule has 1 aromatic carbocycles. The first-order valence-electron chi connectivity index (χ1n) is 7.67. The van der Waals surface area contributed by atoms with Crippen molar-refractivity contribution in [3.8, 4) is 0 Å². The van der Waals surface area contributed by atoms with Crippen LogP contribution >= 0.6 is 0 Å². The van der Waals surface area contributed by atoms with Gasteiger partial charge in [-0.1, -0.05) is 38.1 Å². The van der Waals surface area contributed by atoms with Crippen LogP contribution in [0.1, 0.15) is 57.1 Å². The van der Waals surface area contributed by atoms with Gasteiger partial charge in [0, 0.05) is 12.3 Å². The average molecular weight is 299 g/mol. The Bertz CT molecular complexity index is 668. The minimum atomic E-state index is -0.765. The van der Waals surface area contributed by atoms with E-state index in [0.717, 1.165) is 5.56 Å². The van der Waals surface area contributed by atoms with Gasteiger partial charge >= 0.3 is 5.97 Å². The number of carbonyl (C=O) groups is 2. The molecule has 2 heterocycles. The molecule has 0 saturated carbocycles. The predicted octanol–water partition coefficient (Wildman–Crippen LogP) is 3.00. The number of benzene rings is 1. The van der Waals surface area contributed by atoms with Gasteiger partial charge in [0.1, 0.15) is 5.60 Å². The minimum Gasteiger partial charge on any atom is -0.450 e. The van der Waals surface area contributed by atoms with E-state index in [4.69, 9.17) is 4.74 Å². The molecule has 2 aliphatic rings. The molecule has 0 bridgehead atoms. The highest BCUT2D eigenvalue weighted by atomic mass is 16.6. The van der Waals surface area contributed by atoms with Crippen molar-refractivity contribution >= 4 is 11.9 Å². The smallest absolute Gasteiger partial charge is 0.337 e. The zero-order valence-electron chi connectivity index (χ0n) is 13.4. The Morgan fingerprint density at radius 2 is 1.82 bits per heavy atom. The molecule has 1 amide bonds. The second kappa shape index (κ2) is 4.97. The molecule has 0 radical (unpaired) electrons. The highest BCUT2D eigenvalue weighted by Gasteiger charge is 2.47. The van der Waals surface area contributed by atoms with E-state index < -0.39 is 5.60 Å². The highest BCUT2D eigenvalue weighted by molar-refractivity contribution is 5.99. The van der Waals surface area contributed by atoms with E-state index in [9.17, 15) is 9.59 Å². The quantitative estimate of drug-likeness (QED) is 0.854. The van der Waals surface area contributed by atoms with Crippen LogP contribution in [0.5, 0.6) is 0 Å². The van der Waals surface area contributed by atoms with Gasteiger partial charge in [-0.15, -0.1) is 0 Å². The van der Waals surface area contributed by atoms with Crippen molar-refractivity contribution in [2.24, 2.45) is 0 Å². The summed E-state index contributed by atoms with van der Waals surface area (Å²) in [7, 11) is 0. The summed E-state index contributed by atoms with van der Waals surface area (Å²) in [4.78, 5) is 24.3. The molecular weight excluding hydrogens is 278 g/mol. The van der Waals surface area contributed by atoms with Gasteiger partial charge < -0.3 is 10.1 Å². The van der Waals surface area contributed by atoms with Crippen molar-refractivity contribution in [1.82, 2.24) is 5.32 Å². The third-order valence-electron chi connectivity index (χ3n) is 4.45. The molecule has 4 heteroatoms. The number of amides is 1. The van der Waals surface area contributed by atoms with Crippen LogP contribution in [0, 0.1) is 0 Å². The number of hydrogen-bond acceptors (Lipinski definition) is 3. The first kappa shape index (κ1) is 14.8. The maximum Gasteiger partial charge on any atom is 0.337 e. The first-order valence-corrected chi connectivity index (χ1v) is 7.67. The van der Waals surface area contributed by atoms with Crippen molar-refractivity contribution < 1.29 is 14.3 Å². The van der Waals surface area contributed by atoms with Crippen LogP contribution in [0.4, 0.5) is 0 Å². The number of ether oxygens (including phenoxy) is 1. The topological polar surface area (TPSA) is 55.4 Å². The Morgan fingerprint density at radius 3 is 2.41 bits per heavy atom. The van der Waals surface area contributed by atoms with Gasteiger partial charge in [0.15, 0.2) is 0 Å². The summed E-state index contributed by atoms with van der Waals surface area (Å²) in [5, 5.41) is 2.82. The second-order valence-electron chi connectivity index (χ2n) is 6.81. The average Bonchev–Trinajstić information content (AvgIpc) is 2.68. The standard InChI is InChI=1S/C18H21NO3/c1-10(2)11-5-7-12(8-6-11)13-9-14(20)19-16-15(13)17(21)22-18(16,3)4/h5-8,10,13H,9H2,1-4H3,(H,19,20). The molecule has 0 spiro atoms. The van der Waals surface area contributed by atoms with Crippen molar-refractivity contribution in [3.63, 3.8) is 0 Å². The van der Waals surface area contributed by atoms with Crippen LogP contribution < -0.4 is 5.32 Å². The number of cyclic esters (lactones) is 1. The largest absolute Gasteiger partial charge is 0.450 e. The highest BCUT2D eigenvalue weighted by Crippen LogP contribution is 2.42. The Balaban J connectivity index is 2.04. The number of esters is 1. The van der Waals surface area contributed by atoms with Crippen molar-refractivity contribution in [2.75, 3.05) is 0 Å². The molecule has 1 aromatic rings. The maximum atomic E-state index is 12.3. The van der Waals surface area contributed by atoms with E-state index in [1.807, 2.05) is 12.1 Å². The molecule has 1 N–H and O–H groups in total. The molecular formula is C18H21NO3. The van der Waals surface area contributed by atoms with E-state index in [2.05, 4.69) is 31.3 Å². The van der Waals surface area contributed by atoms with Crippen LogP contribution in [0.2, 0.25) is 0 Å². The molecule has 0 saturated heterocycles. The van der Waals surface area contributed by atoms with Crippen molar-refractivity contribution in [3.05, 3.63) is 46.7 Å². The molecule has 3 rings (SSSR count). The fraction of sp³-hybridized carbons (Fsp3) is 0.444. The molecule has 4 nitrogen and oxygen atoms in total. The lowest BCUT2D eigenvalue weighted by atomic mass is 9.82. The summed E-state index contributed by atoms with van der Waals surface area (Å²) >= 11 is 0. The third-order valence-corrected chi connectivity index (χ3v) is 4.45. The number of hydrogen-bond donors (Lipinski definition) is 1. The van der Waals surface area contributed by atoms with E-state index in [1.54, 1.807) is 13.8 Å². The zero-order valence-corrected chi connectivity index (χ0v) is 13.4. The summed E-state index contributed by atoms with van der Waals surface area (Å²) in [5.74, 6) is -0.158. The van der Waals surface area contributed by atoms with Gasteiger partial charge in [-0.3, -0.25) is 4.79 Å². The molecule has 0 fully saturated rings. The first-order chi connectivity index (χ1) is 10.3. The molecule has 0 aromatic heterocycles. The van der Waals surface area contributed by atoms with E-state index in [1.165, 1.54) is 5.56 Å². The lowest BCUT2D eigenvalue weighted by molar-refractivity contribution is -0.144. The van der Waals surface area contributed by atoms with Crippen molar-refractivity contribution in [1.29, 1.82) is 0 Å².